The number of halogens is 1. The van der Waals surface area contributed by atoms with Crippen LogP contribution in [0.3, 0.4) is 0 Å². The average Bonchev–Trinajstić information content (AvgIpc) is 2.27. The van der Waals surface area contributed by atoms with Gasteiger partial charge in [-0.1, -0.05) is 35.0 Å². The van der Waals surface area contributed by atoms with Gasteiger partial charge in [-0.15, -0.1) is 12.3 Å². The maximum Gasteiger partial charge on any atom is 0.0320 e. The topological polar surface area (TPSA) is 12.0 Å². The summed E-state index contributed by atoms with van der Waals surface area (Å²) >= 11 is 3.45. The molecule has 2 unspecified atom stereocenters. The van der Waals surface area contributed by atoms with Gasteiger partial charge in [-0.25, -0.2) is 0 Å². The number of nitrogens with one attached hydrogen (secondary N) is 1. The molecule has 1 aromatic carbocycles. The number of hydrogen-bond donors (Lipinski definition) is 1. The molecular formula is C14H18BrN. The number of terminal acetylenes is 1. The molecule has 0 heterocycles. The van der Waals surface area contributed by atoms with E-state index in [1.165, 1.54) is 5.56 Å². The van der Waals surface area contributed by atoms with Crippen LogP contribution in [0.2, 0.25) is 0 Å². The first kappa shape index (κ1) is 13.3. The fraction of sp³-hybridized carbons (Fsp3) is 0.429. The van der Waals surface area contributed by atoms with E-state index in [1.54, 1.807) is 0 Å². The molecule has 1 rings (SSSR count). The van der Waals surface area contributed by atoms with E-state index in [-0.39, 0.29) is 0 Å². The summed E-state index contributed by atoms with van der Waals surface area (Å²) in [5.41, 5.74) is 1.31. The minimum atomic E-state index is 0.360. The largest absolute Gasteiger partial charge is 0.307 e. The third-order valence-corrected chi connectivity index (χ3v) is 3.12. The van der Waals surface area contributed by atoms with E-state index in [0.29, 0.717) is 12.1 Å². The average molecular weight is 280 g/mol. The van der Waals surface area contributed by atoms with Crippen LogP contribution < -0.4 is 5.32 Å². The maximum atomic E-state index is 5.31. The second kappa shape index (κ2) is 6.73. The molecule has 2 heteroatoms. The predicted octanol–water partition coefficient (Wildman–Crippen LogP) is 3.90. The number of benzene rings is 1. The summed E-state index contributed by atoms with van der Waals surface area (Å²) < 4.78 is 1.11. The molecule has 1 nitrogen and oxygen atoms in total. The Morgan fingerprint density at radius 1 is 1.38 bits per heavy atom. The summed E-state index contributed by atoms with van der Waals surface area (Å²) in [6, 6.07) is 9.19. The molecule has 2 atom stereocenters. The summed E-state index contributed by atoms with van der Waals surface area (Å²) in [5, 5.41) is 3.55. The van der Waals surface area contributed by atoms with E-state index < -0.39 is 0 Å². The molecule has 0 saturated carbocycles. The van der Waals surface area contributed by atoms with Crippen molar-refractivity contribution in [3.63, 3.8) is 0 Å². The van der Waals surface area contributed by atoms with Gasteiger partial charge in [0.1, 0.15) is 0 Å². The van der Waals surface area contributed by atoms with E-state index in [9.17, 15) is 0 Å². The zero-order valence-electron chi connectivity index (χ0n) is 9.83. The zero-order chi connectivity index (χ0) is 12.0. The molecule has 0 aliphatic carbocycles. The van der Waals surface area contributed by atoms with Crippen molar-refractivity contribution in [2.75, 3.05) is 0 Å². The van der Waals surface area contributed by atoms with E-state index in [2.05, 4.69) is 65.3 Å². The second-order valence-electron chi connectivity index (χ2n) is 3.99. The van der Waals surface area contributed by atoms with Gasteiger partial charge in [0.15, 0.2) is 0 Å². The Morgan fingerprint density at radius 2 is 2.00 bits per heavy atom. The Morgan fingerprint density at radius 3 is 2.50 bits per heavy atom. The van der Waals surface area contributed by atoms with Crippen molar-refractivity contribution >= 4 is 15.9 Å². The van der Waals surface area contributed by atoms with Gasteiger partial charge in [0, 0.05) is 23.0 Å². The molecule has 0 amide bonds. The summed E-state index contributed by atoms with van der Waals surface area (Å²) in [5.74, 6) is 2.69. The SMILES string of the molecule is C#CCC(C)NC(CC)c1ccc(Br)cc1. The number of hydrogen-bond acceptors (Lipinski definition) is 1. The molecule has 1 N–H and O–H groups in total. The van der Waals surface area contributed by atoms with Crippen molar-refractivity contribution in [1.82, 2.24) is 5.32 Å². The lowest BCUT2D eigenvalue weighted by Crippen LogP contribution is -2.29. The summed E-state index contributed by atoms with van der Waals surface area (Å²) in [7, 11) is 0. The highest BCUT2D eigenvalue weighted by atomic mass is 79.9. The lowest BCUT2D eigenvalue weighted by Gasteiger charge is -2.21. The van der Waals surface area contributed by atoms with Gasteiger partial charge in [-0.2, -0.15) is 0 Å². The van der Waals surface area contributed by atoms with Crippen LogP contribution in [0.5, 0.6) is 0 Å². The van der Waals surface area contributed by atoms with Gasteiger partial charge in [0.25, 0.3) is 0 Å². The molecule has 0 saturated heterocycles. The third-order valence-electron chi connectivity index (χ3n) is 2.59. The van der Waals surface area contributed by atoms with Gasteiger partial charge in [-0.05, 0) is 31.0 Å². The van der Waals surface area contributed by atoms with Crippen molar-refractivity contribution in [2.45, 2.75) is 38.8 Å². The summed E-state index contributed by atoms with van der Waals surface area (Å²) in [4.78, 5) is 0. The Kier molecular flexibility index (Phi) is 5.59. The van der Waals surface area contributed by atoms with Crippen molar-refractivity contribution < 1.29 is 0 Å². The molecule has 0 spiro atoms. The summed E-state index contributed by atoms with van der Waals surface area (Å²) in [6.07, 6.45) is 7.15. The first-order valence-electron chi connectivity index (χ1n) is 5.62. The molecular weight excluding hydrogens is 262 g/mol. The highest BCUT2D eigenvalue weighted by Gasteiger charge is 2.11. The lowest BCUT2D eigenvalue weighted by molar-refractivity contribution is 0.451. The van der Waals surface area contributed by atoms with Gasteiger partial charge in [0.2, 0.25) is 0 Å². The van der Waals surface area contributed by atoms with Crippen LogP contribution in [0.4, 0.5) is 0 Å². The van der Waals surface area contributed by atoms with Gasteiger partial charge in [-0.3, -0.25) is 0 Å². The molecule has 0 aliphatic heterocycles. The highest BCUT2D eigenvalue weighted by molar-refractivity contribution is 9.10. The summed E-state index contributed by atoms with van der Waals surface area (Å²) in [6.45, 7) is 4.31. The molecule has 0 bridgehead atoms. The van der Waals surface area contributed by atoms with Crippen LogP contribution in [0, 0.1) is 12.3 Å². The van der Waals surface area contributed by atoms with E-state index in [0.717, 1.165) is 17.3 Å². The Balaban J connectivity index is 2.67. The van der Waals surface area contributed by atoms with Crippen LogP contribution in [0.25, 0.3) is 0 Å². The molecule has 16 heavy (non-hydrogen) atoms. The van der Waals surface area contributed by atoms with Crippen molar-refractivity contribution in [3.8, 4) is 12.3 Å². The van der Waals surface area contributed by atoms with Crippen LogP contribution in [-0.2, 0) is 0 Å². The standard InChI is InChI=1S/C14H18BrN/c1-4-6-11(3)16-14(5-2)12-7-9-13(15)10-8-12/h1,7-11,14,16H,5-6H2,2-3H3. The maximum absolute atomic E-state index is 5.31. The van der Waals surface area contributed by atoms with Gasteiger partial charge >= 0.3 is 0 Å². The molecule has 1 aromatic rings. The van der Waals surface area contributed by atoms with E-state index >= 15 is 0 Å². The van der Waals surface area contributed by atoms with Crippen molar-refractivity contribution in [3.05, 3.63) is 34.3 Å². The monoisotopic (exact) mass is 279 g/mol. The smallest absolute Gasteiger partial charge is 0.0320 e. The predicted molar refractivity (Wildman–Crippen MR) is 73.2 cm³/mol. The number of rotatable bonds is 5. The molecule has 0 radical (unpaired) electrons. The third kappa shape index (κ3) is 4.00. The molecule has 0 aromatic heterocycles. The van der Waals surface area contributed by atoms with E-state index in [1.807, 2.05) is 0 Å². The van der Waals surface area contributed by atoms with Gasteiger partial charge in [0.05, 0.1) is 0 Å². The zero-order valence-corrected chi connectivity index (χ0v) is 11.4. The minimum absolute atomic E-state index is 0.360. The Hall–Kier alpha value is -0.780. The van der Waals surface area contributed by atoms with Crippen molar-refractivity contribution in [1.29, 1.82) is 0 Å². The Labute approximate surface area is 107 Å². The lowest BCUT2D eigenvalue weighted by atomic mass is 10.0. The van der Waals surface area contributed by atoms with E-state index in [4.69, 9.17) is 6.42 Å². The Bertz CT molecular complexity index is 350. The fourth-order valence-corrected chi connectivity index (χ4v) is 1.99. The molecule has 0 aliphatic rings. The molecule has 0 fully saturated rings. The second-order valence-corrected chi connectivity index (χ2v) is 4.90. The fourth-order valence-electron chi connectivity index (χ4n) is 1.72. The van der Waals surface area contributed by atoms with Crippen LogP contribution >= 0.6 is 15.9 Å². The minimum Gasteiger partial charge on any atom is -0.307 e. The first-order valence-corrected chi connectivity index (χ1v) is 6.41. The quantitative estimate of drug-likeness (QED) is 0.806. The van der Waals surface area contributed by atoms with Crippen molar-refractivity contribution in [2.24, 2.45) is 0 Å². The van der Waals surface area contributed by atoms with Gasteiger partial charge < -0.3 is 5.32 Å². The first-order chi connectivity index (χ1) is 7.67. The van der Waals surface area contributed by atoms with Crippen LogP contribution in [0.15, 0.2) is 28.7 Å². The highest BCUT2D eigenvalue weighted by Crippen LogP contribution is 2.20. The molecule has 86 valence electrons. The van der Waals surface area contributed by atoms with Crippen LogP contribution in [0.1, 0.15) is 38.3 Å². The normalized spacial score (nSPS) is 14.1. The van der Waals surface area contributed by atoms with Crippen LogP contribution in [-0.4, -0.2) is 6.04 Å².